The molecule has 1 unspecified atom stereocenters. The van der Waals surface area contributed by atoms with Crippen LogP contribution in [0.1, 0.15) is 23.6 Å². The van der Waals surface area contributed by atoms with Gasteiger partial charge in [0.05, 0.1) is 17.4 Å². The van der Waals surface area contributed by atoms with Crippen molar-refractivity contribution in [2.75, 3.05) is 5.01 Å². The van der Waals surface area contributed by atoms with Gasteiger partial charge in [-0.3, -0.25) is 5.01 Å². The molecular formula is C29H22N2. The van der Waals surface area contributed by atoms with E-state index in [9.17, 15) is 0 Å². The summed E-state index contributed by atoms with van der Waals surface area (Å²) in [5.74, 6) is 0. The SMILES string of the molecule is c1ccc(C2=NN(c3ccccc3)C(c3cc4ccccc4c4ccccc34)C2)cc1. The highest BCUT2D eigenvalue weighted by Gasteiger charge is 2.31. The molecule has 0 saturated heterocycles. The fourth-order valence-electron chi connectivity index (χ4n) is 4.74. The number of anilines is 1. The molecule has 0 saturated carbocycles. The van der Waals surface area contributed by atoms with E-state index in [0.29, 0.717) is 0 Å². The second-order valence-corrected chi connectivity index (χ2v) is 8.05. The zero-order valence-electron chi connectivity index (χ0n) is 17.1. The van der Waals surface area contributed by atoms with Crippen molar-refractivity contribution in [2.24, 2.45) is 5.10 Å². The first-order valence-corrected chi connectivity index (χ1v) is 10.8. The van der Waals surface area contributed by atoms with Gasteiger partial charge in [-0.2, -0.15) is 5.10 Å². The highest BCUT2D eigenvalue weighted by Crippen LogP contribution is 2.41. The number of benzene rings is 5. The zero-order valence-corrected chi connectivity index (χ0v) is 17.1. The lowest BCUT2D eigenvalue weighted by atomic mass is 9.90. The molecule has 2 nitrogen and oxygen atoms in total. The number of rotatable bonds is 3. The summed E-state index contributed by atoms with van der Waals surface area (Å²) in [6, 6.07) is 41.0. The van der Waals surface area contributed by atoms with Gasteiger partial charge >= 0.3 is 0 Å². The third-order valence-electron chi connectivity index (χ3n) is 6.20. The Balaban J connectivity index is 1.56. The summed E-state index contributed by atoms with van der Waals surface area (Å²) >= 11 is 0. The molecule has 1 atom stereocenters. The number of hydrazone groups is 1. The minimum atomic E-state index is 0.145. The van der Waals surface area contributed by atoms with Crippen LogP contribution in [-0.2, 0) is 0 Å². The van der Waals surface area contributed by atoms with Gasteiger partial charge < -0.3 is 0 Å². The normalized spacial score (nSPS) is 16.1. The van der Waals surface area contributed by atoms with Gasteiger partial charge in [0.2, 0.25) is 0 Å². The van der Waals surface area contributed by atoms with Crippen LogP contribution in [0.2, 0.25) is 0 Å². The molecule has 1 heterocycles. The summed E-state index contributed by atoms with van der Waals surface area (Å²) in [6.45, 7) is 0. The maximum atomic E-state index is 5.12. The van der Waals surface area contributed by atoms with E-state index >= 15 is 0 Å². The maximum absolute atomic E-state index is 5.12. The van der Waals surface area contributed by atoms with Crippen molar-refractivity contribution in [3.63, 3.8) is 0 Å². The summed E-state index contributed by atoms with van der Waals surface area (Å²) in [4.78, 5) is 0. The Bertz CT molecular complexity index is 1400. The minimum Gasteiger partial charge on any atom is -0.257 e. The predicted octanol–water partition coefficient (Wildman–Crippen LogP) is 7.35. The van der Waals surface area contributed by atoms with Crippen LogP contribution in [0.3, 0.4) is 0 Å². The molecule has 0 aromatic heterocycles. The van der Waals surface area contributed by atoms with Crippen LogP contribution < -0.4 is 5.01 Å². The Morgan fingerprint density at radius 1 is 0.613 bits per heavy atom. The van der Waals surface area contributed by atoms with E-state index in [1.807, 2.05) is 0 Å². The van der Waals surface area contributed by atoms with Gasteiger partial charge in [-0.1, -0.05) is 97.1 Å². The van der Waals surface area contributed by atoms with Crippen molar-refractivity contribution in [2.45, 2.75) is 12.5 Å². The van der Waals surface area contributed by atoms with E-state index in [1.165, 1.54) is 32.7 Å². The molecule has 0 aliphatic carbocycles. The van der Waals surface area contributed by atoms with Gasteiger partial charge in [0.15, 0.2) is 0 Å². The smallest absolute Gasteiger partial charge is 0.0838 e. The maximum Gasteiger partial charge on any atom is 0.0838 e. The number of nitrogens with zero attached hydrogens (tertiary/aromatic N) is 2. The minimum absolute atomic E-state index is 0.145. The van der Waals surface area contributed by atoms with Crippen molar-refractivity contribution in [1.82, 2.24) is 0 Å². The molecule has 6 rings (SSSR count). The molecule has 0 amide bonds. The van der Waals surface area contributed by atoms with Crippen molar-refractivity contribution in [1.29, 1.82) is 0 Å². The first-order chi connectivity index (χ1) is 15.4. The number of fused-ring (bicyclic) bond motifs is 3. The summed E-state index contributed by atoms with van der Waals surface area (Å²) in [6.07, 6.45) is 0.876. The van der Waals surface area contributed by atoms with E-state index in [4.69, 9.17) is 5.10 Å². The highest BCUT2D eigenvalue weighted by molar-refractivity contribution is 6.10. The molecule has 148 valence electrons. The third kappa shape index (κ3) is 3.08. The van der Waals surface area contributed by atoms with Crippen LogP contribution >= 0.6 is 0 Å². The quantitative estimate of drug-likeness (QED) is 0.290. The largest absolute Gasteiger partial charge is 0.257 e. The second kappa shape index (κ2) is 7.41. The number of hydrogen-bond acceptors (Lipinski definition) is 2. The van der Waals surface area contributed by atoms with Crippen LogP contribution in [-0.4, -0.2) is 5.71 Å². The van der Waals surface area contributed by atoms with Crippen molar-refractivity contribution in [3.05, 3.63) is 126 Å². The molecule has 0 fully saturated rings. The average Bonchev–Trinajstić information content (AvgIpc) is 3.30. The van der Waals surface area contributed by atoms with Crippen LogP contribution in [0.4, 0.5) is 5.69 Å². The standard InChI is InChI=1S/C29H22N2/c1-3-11-21(12-4-1)28-20-29(31(30-28)23-14-5-2-6-15-23)27-19-22-13-7-8-16-24(22)25-17-9-10-18-26(25)27/h1-19,29H,20H2. The van der Waals surface area contributed by atoms with Gasteiger partial charge in [-0.25, -0.2) is 0 Å². The Morgan fingerprint density at radius 2 is 1.23 bits per heavy atom. The number of para-hydroxylation sites is 1. The fraction of sp³-hybridized carbons (Fsp3) is 0.0690. The Labute approximate surface area is 182 Å². The lowest BCUT2D eigenvalue weighted by Crippen LogP contribution is -2.18. The molecule has 31 heavy (non-hydrogen) atoms. The van der Waals surface area contributed by atoms with Crippen LogP contribution in [0.25, 0.3) is 21.5 Å². The molecule has 0 bridgehead atoms. The average molecular weight is 399 g/mol. The molecule has 0 spiro atoms. The van der Waals surface area contributed by atoms with Crippen LogP contribution in [0.5, 0.6) is 0 Å². The lowest BCUT2D eigenvalue weighted by molar-refractivity contribution is 0.715. The van der Waals surface area contributed by atoms with Crippen LogP contribution in [0.15, 0.2) is 120 Å². The topological polar surface area (TPSA) is 15.6 Å². The molecule has 1 aliphatic rings. The fourth-order valence-corrected chi connectivity index (χ4v) is 4.74. The Morgan fingerprint density at radius 3 is 2.00 bits per heavy atom. The third-order valence-corrected chi connectivity index (χ3v) is 6.20. The summed E-state index contributed by atoms with van der Waals surface area (Å²) in [5, 5.41) is 12.5. The van der Waals surface area contributed by atoms with E-state index in [-0.39, 0.29) is 6.04 Å². The summed E-state index contributed by atoms with van der Waals surface area (Å²) in [5.41, 5.74) is 4.77. The molecule has 5 aromatic carbocycles. The van der Waals surface area contributed by atoms with Gasteiger partial charge in [-0.05, 0) is 50.9 Å². The first kappa shape index (κ1) is 17.9. The number of hydrogen-bond donors (Lipinski definition) is 0. The molecular weight excluding hydrogens is 376 g/mol. The second-order valence-electron chi connectivity index (χ2n) is 8.05. The van der Waals surface area contributed by atoms with Crippen molar-refractivity contribution in [3.8, 4) is 0 Å². The summed E-state index contributed by atoms with van der Waals surface area (Å²) < 4.78 is 0. The van der Waals surface area contributed by atoms with E-state index in [0.717, 1.165) is 17.8 Å². The predicted molar refractivity (Wildman–Crippen MR) is 131 cm³/mol. The van der Waals surface area contributed by atoms with E-state index in [1.54, 1.807) is 0 Å². The van der Waals surface area contributed by atoms with E-state index in [2.05, 4.69) is 120 Å². The molecule has 2 heteroatoms. The van der Waals surface area contributed by atoms with Crippen LogP contribution in [0, 0.1) is 0 Å². The van der Waals surface area contributed by atoms with Gasteiger partial charge in [-0.15, -0.1) is 0 Å². The Kier molecular flexibility index (Phi) is 4.28. The molecule has 0 N–H and O–H groups in total. The highest BCUT2D eigenvalue weighted by atomic mass is 15.5. The zero-order chi connectivity index (χ0) is 20.6. The lowest BCUT2D eigenvalue weighted by Gasteiger charge is -2.25. The molecule has 1 aliphatic heterocycles. The van der Waals surface area contributed by atoms with Gasteiger partial charge in [0.25, 0.3) is 0 Å². The van der Waals surface area contributed by atoms with Crippen molar-refractivity contribution >= 4 is 32.9 Å². The van der Waals surface area contributed by atoms with E-state index < -0.39 is 0 Å². The molecule has 0 radical (unpaired) electrons. The first-order valence-electron chi connectivity index (χ1n) is 10.8. The van der Waals surface area contributed by atoms with Gasteiger partial charge in [0.1, 0.15) is 0 Å². The Hall–Kier alpha value is -3.91. The van der Waals surface area contributed by atoms with Gasteiger partial charge in [0, 0.05) is 6.42 Å². The monoisotopic (exact) mass is 398 g/mol. The molecule has 5 aromatic rings. The van der Waals surface area contributed by atoms with Crippen molar-refractivity contribution < 1.29 is 0 Å². The summed E-state index contributed by atoms with van der Waals surface area (Å²) in [7, 11) is 0.